The van der Waals surface area contributed by atoms with Crippen LogP contribution in [0, 0.1) is 20.8 Å². The number of hydrogen-bond donors (Lipinski definition) is 2. The maximum absolute atomic E-state index is 5.93. The number of rotatable bonds is 0. The highest BCUT2D eigenvalue weighted by molar-refractivity contribution is 5.94. The van der Waals surface area contributed by atoms with Gasteiger partial charge < -0.3 is 11.5 Å². The first-order chi connectivity index (χ1) is 12.0. The smallest absolute Gasteiger partial charge is 0.0726 e. The summed E-state index contributed by atoms with van der Waals surface area (Å²) in [6, 6.07) is 15.9. The van der Waals surface area contributed by atoms with E-state index in [1.165, 1.54) is 0 Å². The van der Waals surface area contributed by atoms with Crippen molar-refractivity contribution in [2.45, 2.75) is 20.8 Å². The Kier molecular flexibility index (Phi) is 4.52. The van der Waals surface area contributed by atoms with Gasteiger partial charge in [-0.3, -0.25) is 9.97 Å². The van der Waals surface area contributed by atoms with Gasteiger partial charge in [0.05, 0.1) is 5.52 Å². The van der Waals surface area contributed by atoms with Crippen LogP contribution in [0.2, 0.25) is 0 Å². The number of nitrogens with two attached hydrogens (primary N) is 2. The zero-order chi connectivity index (χ0) is 18.0. The van der Waals surface area contributed by atoms with Crippen molar-refractivity contribution in [1.29, 1.82) is 0 Å². The molecule has 0 amide bonds. The summed E-state index contributed by atoms with van der Waals surface area (Å²) in [6.07, 6.45) is 1.79. The van der Waals surface area contributed by atoms with Gasteiger partial charge in [0.1, 0.15) is 0 Å². The fourth-order valence-electron chi connectivity index (χ4n) is 2.82. The molecule has 0 fully saturated rings. The molecule has 0 aliphatic rings. The summed E-state index contributed by atoms with van der Waals surface area (Å²) in [5, 5.41) is 3.27. The summed E-state index contributed by atoms with van der Waals surface area (Å²) in [4.78, 5) is 8.59. The average Bonchev–Trinajstić information content (AvgIpc) is 2.60. The van der Waals surface area contributed by atoms with Gasteiger partial charge in [0.15, 0.2) is 0 Å². The maximum Gasteiger partial charge on any atom is 0.0726 e. The molecule has 0 aliphatic heterocycles. The van der Waals surface area contributed by atoms with Crippen LogP contribution in [0.15, 0.2) is 54.7 Å². The first-order valence-corrected chi connectivity index (χ1v) is 8.19. The topological polar surface area (TPSA) is 77.8 Å². The molecule has 126 valence electrons. The van der Waals surface area contributed by atoms with E-state index < -0.39 is 0 Å². The van der Waals surface area contributed by atoms with Gasteiger partial charge in [-0.2, -0.15) is 0 Å². The van der Waals surface area contributed by atoms with E-state index in [4.69, 9.17) is 11.5 Å². The summed E-state index contributed by atoms with van der Waals surface area (Å²) in [7, 11) is 0. The summed E-state index contributed by atoms with van der Waals surface area (Å²) in [5.74, 6) is 0. The lowest BCUT2D eigenvalue weighted by molar-refractivity contribution is 1.24. The Morgan fingerprint density at radius 3 is 2.32 bits per heavy atom. The molecule has 0 unspecified atom stereocenters. The summed E-state index contributed by atoms with van der Waals surface area (Å²) in [6.45, 7) is 5.98. The Hall–Kier alpha value is -3.14. The number of aryl methyl sites for hydroxylation is 3. The van der Waals surface area contributed by atoms with Crippen molar-refractivity contribution in [3.8, 4) is 0 Å². The Labute approximate surface area is 147 Å². The van der Waals surface area contributed by atoms with Crippen LogP contribution in [0.1, 0.15) is 17.0 Å². The van der Waals surface area contributed by atoms with E-state index in [9.17, 15) is 0 Å². The molecule has 4 rings (SSSR count). The summed E-state index contributed by atoms with van der Waals surface area (Å²) >= 11 is 0. The molecule has 0 atom stereocenters. The molecule has 0 aliphatic carbocycles. The molecule has 2 aromatic heterocycles. The van der Waals surface area contributed by atoms with Crippen molar-refractivity contribution in [3.05, 3.63) is 71.7 Å². The molecule has 4 nitrogen and oxygen atoms in total. The monoisotopic (exact) mass is 330 g/mol. The van der Waals surface area contributed by atoms with Gasteiger partial charge in [0, 0.05) is 45.1 Å². The largest absolute Gasteiger partial charge is 0.398 e. The van der Waals surface area contributed by atoms with Crippen LogP contribution in [-0.2, 0) is 0 Å². The Bertz CT molecular complexity index is 1010. The third kappa shape index (κ3) is 3.38. The van der Waals surface area contributed by atoms with E-state index in [1.807, 2.05) is 69.3 Å². The third-order valence-corrected chi connectivity index (χ3v) is 4.31. The van der Waals surface area contributed by atoms with Gasteiger partial charge in [-0.1, -0.05) is 18.2 Å². The van der Waals surface area contributed by atoms with Gasteiger partial charge in [0.25, 0.3) is 0 Å². The van der Waals surface area contributed by atoms with Crippen LogP contribution in [0.25, 0.3) is 21.7 Å². The number of fused-ring (bicyclic) bond motifs is 2. The Morgan fingerprint density at radius 2 is 1.56 bits per heavy atom. The fourth-order valence-corrected chi connectivity index (χ4v) is 2.82. The first kappa shape index (κ1) is 16.7. The van der Waals surface area contributed by atoms with Crippen LogP contribution in [0.3, 0.4) is 0 Å². The van der Waals surface area contributed by atoms with E-state index >= 15 is 0 Å². The summed E-state index contributed by atoms with van der Waals surface area (Å²) in [5.41, 5.74) is 17.5. The van der Waals surface area contributed by atoms with E-state index in [0.29, 0.717) is 0 Å². The van der Waals surface area contributed by atoms with Gasteiger partial charge in [0.2, 0.25) is 0 Å². The molecule has 25 heavy (non-hydrogen) atoms. The highest BCUT2D eigenvalue weighted by atomic mass is 14.7. The van der Waals surface area contributed by atoms with Crippen LogP contribution in [0.4, 0.5) is 11.4 Å². The highest BCUT2D eigenvalue weighted by Crippen LogP contribution is 2.23. The molecule has 0 saturated heterocycles. The van der Waals surface area contributed by atoms with Crippen molar-refractivity contribution < 1.29 is 0 Å². The standard InChI is InChI=1S/C11H12N2.C10H10N2/c1-7-3-6-10-9(11(7)12)5-4-8(2)13-10;1-7-8-3-2-4-10(11)9(8)5-6-12-7/h3-6H,12H2,1-2H3;2-6H,11H2,1H3. The Morgan fingerprint density at radius 1 is 0.760 bits per heavy atom. The second-order valence-electron chi connectivity index (χ2n) is 6.15. The Balaban J connectivity index is 0.000000146. The number of benzene rings is 2. The van der Waals surface area contributed by atoms with Crippen molar-refractivity contribution in [2.75, 3.05) is 11.5 Å². The number of nitrogen functional groups attached to an aromatic ring is 2. The van der Waals surface area contributed by atoms with Crippen LogP contribution in [0.5, 0.6) is 0 Å². The molecular weight excluding hydrogens is 308 g/mol. The lowest BCUT2D eigenvalue weighted by Crippen LogP contribution is -1.92. The average molecular weight is 330 g/mol. The number of pyridine rings is 2. The molecule has 0 spiro atoms. The van der Waals surface area contributed by atoms with Gasteiger partial charge in [-0.15, -0.1) is 0 Å². The predicted octanol–water partition coefficient (Wildman–Crippen LogP) is 4.56. The number of aromatic nitrogens is 2. The number of nitrogens with zero attached hydrogens (tertiary/aromatic N) is 2. The zero-order valence-electron chi connectivity index (χ0n) is 14.7. The quantitative estimate of drug-likeness (QED) is 0.463. The second kappa shape index (κ2) is 6.77. The molecule has 0 radical (unpaired) electrons. The van der Waals surface area contributed by atoms with Gasteiger partial charge in [-0.05, 0) is 56.7 Å². The molecule has 4 heteroatoms. The van der Waals surface area contributed by atoms with E-state index in [1.54, 1.807) is 6.20 Å². The van der Waals surface area contributed by atoms with Gasteiger partial charge in [-0.25, -0.2) is 0 Å². The molecule has 0 saturated carbocycles. The van der Waals surface area contributed by atoms with Crippen LogP contribution in [-0.4, -0.2) is 9.97 Å². The lowest BCUT2D eigenvalue weighted by Gasteiger charge is -2.04. The van der Waals surface area contributed by atoms with Crippen LogP contribution < -0.4 is 11.5 Å². The highest BCUT2D eigenvalue weighted by Gasteiger charge is 2.01. The fraction of sp³-hybridized carbons (Fsp3) is 0.143. The number of hydrogen-bond acceptors (Lipinski definition) is 4. The minimum Gasteiger partial charge on any atom is -0.398 e. The SMILES string of the molecule is Cc1ccc2c(N)c(C)ccc2n1.Cc1nccc2c(N)cccc12. The normalized spacial score (nSPS) is 10.5. The van der Waals surface area contributed by atoms with E-state index in [2.05, 4.69) is 9.97 Å². The predicted molar refractivity (Wildman–Crippen MR) is 107 cm³/mol. The van der Waals surface area contributed by atoms with E-state index in [-0.39, 0.29) is 0 Å². The number of anilines is 2. The van der Waals surface area contributed by atoms with Crippen molar-refractivity contribution in [1.82, 2.24) is 9.97 Å². The molecule has 4 aromatic rings. The lowest BCUT2D eigenvalue weighted by atomic mass is 10.1. The first-order valence-electron chi connectivity index (χ1n) is 8.19. The maximum atomic E-state index is 5.93. The van der Waals surface area contributed by atoms with Crippen molar-refractivity contribution in [2.24, 2.45) is 0 Å². The zero-order valence-corrected chi connectivity index (χ0v) is 14.7. The molecular formula is C21H22N4. The van der Waals surface area contributed by atoms with Crippen molar-refractivity contribution >= 4 is 33.1 Å². The van der Waals surface area contributed by atoms with Gasteiger partial charge >= 0.3 is 0 Å². The van der Waals surface area contributed by atoms with Crippen LogP contribution >= 0.6 is 0 Å². The minimum absolute atomic E-state index is 0.818. The molecule has 0 bridgehead atoms. The molecule has 4 N–H and O–H groups in total. The second-order valence-corrected chi connectivity index (χ2v) is 6.15. The van der Waals surface area contributed by atoms with E-state index in [0.717, 1.165) is 50.0 Å². The minimum atomic E-state index is 0.818. The third-order valence-electron chi connectivity index (χ3n) is 4.31. The van der Waals surface area contributed by atoms with Crippen molar-refractivity contribution in [3.63, 3.8) is 0 Å². The molecule has 2 heterocycles. The summed E-state index contributed by atoms with van der Waals surface area (Å²) < 4.78 is 0. The molecule has 2 aromatic carbocycles.